The Morgan fingerprint density at radius 1 is 0.868 bits per heavy atom. The van der Waals surface area contributed by atoms with Gasteiger partial charge in [-0.15, -0.1) is 0 Å². The molecule has 0 amide bonds. The maximum Gasteiger partial charge on any atom is 0.325 e. The molecule has 202 valence electrons. The zero-order valence-electron chi connectivity index (χ0n) is 18.6. The van der Waals surface area contributed by atoms with Gasteiger partial charge in [-0.25, -0.2) is 24.5 Å². The van der Waals surface area contributed by atoms with Crippen molar-refractivity contribution in [3.05, 3.63) is 46.5 Å². The average molecular weight is 710 g/mol. The summed E-state index contributed by atoms with van der Waals surface area (Å²) in [5.74, 6) is 0.833. The minimum absolute atomic E-state index is 0.0124. The molecule has 10 nitrogen and oxygen atoms in total. The molecule has 2 aromatic rings. The summed E-state index contributed by atoms with van der Waals surface area (Å²) in [6.07, 6.45) is 1.94. The van der Waals surface area contributed by atoms with Crippen molar-refractivity contribution in [2.45, 2.75) is 7.59 Å². The Hall–Kier alpha value is -1.91. The highest BCUT2D eigenvalue weighted by atomic mass is 79.9. The number of alkyl halides is 6. The summed E-state index contributed by atoms with van der Waals surface area (Å²) in [6, 6.07) is 4.57. The van der Waals surface area contributed by atoms with Crippen LogP contribution in [0.4, 0.5) is 5.69 Å². The number of carbonyl (C=O) groups excluding carboxylic acids is 4. The first-order valence-electron chi connectivity index (χ1n) is 9.91. The highest BCUT2D eigenvalue weighted by Crippen LogP contribution is 2.41. The van der Waals surface area contributed by atoms with Gasteiger partial charge in [-0.1, -0.05) is 69.6 Å². The third-order valence-electron chi connectivity index (χ3n) is 4.15. The minimum atomic E-state index is -2.06. The van der Waals surface area contributed by atoms with E-state index in [-0.39, 0.29) is 30.7 Å². The molecule has 0 radical (unpaired) electrons. The van der Waals surface area contributed by atoms with Crippen LogP contribution >= 0.6 is 85.5 Å². The molecule has 0 unspecified atom stereocenters. The molecule has 1 aromatic heterocycles. The van der Waals surface area contributed by atoms with Crippen LogP contribution in [0.3, 0.4) is 0 Å². The maximum absolute atomic E-state index is 12.3. The number of hydrogen-bond donors (Lipinski definition) is 0. The summed E-state index contributed by atoms with van der Waals surface area (Å²) in [7, 11) is 0. The Balaban J connectivity index is 2.46. The SMILES string of the molecule is O=C=CCOC(=O)CN(CC(=O)OCC=C=O)c1ccc(-c2nc(C(Cl)(Cl)Cl)nc(C(Cl)(Cl)Cl)n2)cc1Br. The second-order valence-corrected chi connectivity index (χ2v) is 12.3. The number of anilines is 1. The molecule has 0 spiro atoms. The third-order valence-corrected chi connectivity index (χ3v) is 5.80. The summed E-state index contributed by atoms with van der Waals surface area (Å²) in [4.78, 5) is 58.6. The summed E-state index contributed by atoms with van der Waals surface area (Å²) in [6.45, 7) is -1.43. The van der Waals surface area contributed by atoms with Gasteiger partial charge in [0.1, 0.15) is 38.2 Å². The predicted octanol–water partition coefficient (Wildman–Crippen LogP) is 4.62. The summed E-state index contributed by atoms with van der Waals surface area (Å²) >= 11 is 38.9. The zero-order valence-corrected chi connectivity index (χ0v) is 24.7. The van der Waals surface area contributed by atoms with Crippen LogP contribution < -0.4 is 4.90 Å². The van der Waals surface area contributed by atoms with Crippen molar-refractivity contribution in [1.82, 2.24) is 15.0 Å². The van der Waals surface area contributed by atoms with Crippen LogP contribution in [-0.4, -0.2) is 65.1 Å². The fourth-order valence-corrected chi connectivity index (χ4v) is 3.76. The summed E-state index contributed by atoms with van der Waals surface area (Å²) in [5, 5.41) is 0. The predicted molar refractivity (Wildman–Crippen MR) is 146 cm³/mol. The van der Waals surface area contributed by atoms with Crippen molar-refractivity contribution < 1.29 is 28.7 Å². The first kappa shape index (κ1) is 32.3. The molecule has 38 heavy (non-hydrogen) atoms. The monoisotopic (exact) mass is 706 g/mol. The second kappa shape index (κ2) is 14.5. The first-order valence-corrected chi connectivity index (χ1v) is 13.0. The van der Waals surface area contributed by atoms with E-state index in [1.165, 1.54) is 35.0 Å². The molecule has 17 heteroatoms. The maximum atomic E-state index is 12.3. The molecular weight excluding hydrogens is 697 g/mol. The number of carbonyl (C=O) groups is 2. The van der Waals surface area contributed by atoms with Gasteiger partial charge in [0, 0.05) is 22.2 Å². The number of nitrogens with zero attached hydrogens (tertiary/aromatic N) is 4. The number of ether oxygens (including phenoxy) is 2. The average Bonchev–Trinajstić information content (AvgIpc) is 2.82. The molecule has 0 saturated heterocycles. The standard InChI is InChI=1S/C21H13BrCl6N4O6/c22-13-9-12(17-29-18(20(23,24)25)31-19(30-17)21(26,27)28)3-4-14(13)32(10-15(35)37-7-1-5-33)11-16(36)38-8-2-6-34/h1-4,9H,7-8,10-11H2. The summed E-state index contributed by atoms with van der Waals surface area (Å²) < 4.78 is 6.07. The fraction of sp³-hybridized carbons (Fsp3) is 0.286. The molecule has 1 heterocycles. The van der Waals surface area contributed by atoms with E-state index in [1.807, 2.05) is 0 Å². The molecule has 0 fully saturated rings. The number of esters is 2. The van der Waals surface area contributed by atoms with Gasteiger partial charge >= 0.3 is 11.9 Å². The normalized spacial score (nSPS) is 11.1. The van der Waals surface area contributed by atoms with Gasteiger partial charge in [0.15, 0.2) is 17.5 Å². The quantitative estimate of drug-likeness (QED) is 0.196. The third kappa shape index (κ3) is 10.0. The van der Waals surface area contributed by atoms with Crippen molar-refractivity contribution in [1.29, 1.82) is 0 Å². The van der Waals surface area contributed by atoms with Gasteiger partial charge in [0.05, 0.1) is 5.69 Å². The lowest BCUT2D eigenvalue weighted by Crippen LogP contribution is -2.36. The Bertz CT molecular complexity index is 1220. The van der Waals surface area contributed by atoms with Gasteiger partial charge in [-0.05, 0) is 34.1 Å². The van der Waals surface area contributed by atoms with Crippen LogP contribution in [-0.2, 0) is 36.2 Å². The van der Waals surface area contributed by atoms with E-state index in [4.69, 9.17) is 79.1 Å². The largest absolute Gasteiger partial charge is 0.459 e. The lowest BCUT2D eigenvalue weighted by atomic mass is 10.1. The number of hydrogen-bond acceptors (Lipinski definition) is 10. The molecule has 0 atom stereocenters. The molecule has 0 saturated carbocycles. The van der Waals surface area contributed by atoms with Crippen molar-refractivity contribution >= 4 is 115 Å². The number of halogens is 7. The molecule has 2 rings (SSSR count). The Morgan fingerprint density at radius 2 is 1.34 bits per heavy atom. The van der Waals surface area contributed by atoms with E-state index < -0.39 is 32.6 Å². The highest BCUT2D eigenvalue weighted by Gasteiger charge is 2.34. The van der Waals surface area contributed by atoms with Gasteiger partial charge in [-0.2, -0.15) is 0 Å². The summed E-state index contributed by atoms with van der Waals surface area (Å²) in [5.41, 5.74) is 0.697. The number of benzene rings is 1. The van der Waals surface area contributed by atoms with E-state index in [2.05, 4.69) is 30.9 Å². The Kier molecular flexibility index (Phi) is 12.3. The van der Waals surface area contributed by atoms with Crippen LogP contribution in [0.1, 0.15) is 11.6 Å². The van der Waals surface area contributed by atoms with E-state index in [0.29, 0.717) is 15.7 Å². The van der Waals surface area contributed by atoms with Crippen LogP contribution in [0, 0.1) is 0 Å². The van der Waals surface area contributed by atoms with Crippen molar-refractivity contribution in [3.63, 3.8) is 0 Å². The molecule has 0 N–H and O–H groups in total. The van der Waals surface area contributed by atoms with Gasteiger partial charge in [0.25, 0.3) is 0 Å². The topological polar surface area (TPSA) is 129 Å². The second-order valence-electron chi connectivity index (χ2n) is 6.83. The zero-order chi connectivity index (χ0) is 28.5. The first-order chi connectivity index (χ1) is 17.8. The Labute approximate surface area is 253 Å². The smallest absolute Gasteiger partial charge is 0.325 e. The molecular formula is C21H13BrCl6N4O6. The van der Waals surface area contributed by atoms with Gasteiger partial charge in [-0.3, -0.25) is 9.59 Å². The minimum Gasteiger partial charge on any atom is -0.459 e. The van der Waals surface area contributed by atoms with Crippen LogP contribution in [0.25, 0.3) is 11.4 Å². The van der Waals surface area contributed by atoms with E-state index >= 15 is 0 Å². The van der Waals surface area contributed by atoms with Gasteiger partial charge < -0.3 is 14.4 Å². The lowest BCUT2D eigenvalue weighted by molar-refractivity contribution is -0.141. The van der Waals surface area contributed by atoms with E-state index in [9.17, 15) is 19.2 Å². The fourth-order valence-electron chi connectivity index (χ4n) is 2.63. The van der Waals surface area contributed by atoms with Crippen molar-refractivity contribution in [2.75, 3.05) is 31.2 Å². The van der Waals surface area contributed by atoms with Crippen molar-refractivity contribution in [2.24, 2.45) is 0 Å². The van der Waals surface area contributed by atoms with E-state index in [1.54, 1.807) is 0 Å². The molecule has 0 aliphatic heterocycles. The number of rotatable bonds is 10. The highest BCUT2D eigenvalue weighted by molar-refractivity contribution is 9.10. The lowest BCUT2D eigenvalue weighted by Gasteiger charge is -2.24. The van der Waals surface area contributed by atoms with Crippen LogP contribution in [0.2, 0.25) is 0 Å². The van der Waals surface area contributed by atoms with Crippen LogP contribution in [0.15, 0.2) is 34.8 Å². The number of aromatic nitrogens is 3. The molecule has 0 bridgehead atoms. The molecule has 0 aliphatic rings. The van der Waals surface area contributed by atoms with Crippen LogP contribution in [0.5, 0.6) is 0 Å². The van der Waals surface area contributed by atoms with Gasteiger partial charge in [0.2, 0.25) is 7.59 Å². The van der Waals surface area contributed by atoms with E-state index in [0.717, 1.165) is 12.2 Å². The molecule has 0 aliphatic carbocycles. The van der Waals surface area contributed by atoms with Crippen molar-refractivity contribution in [3.8, 4) is 11.4 Å². The Morgan fingerprint density at radius 3 is 1.74 bits per heavy atom. The molecule has 1 aromatic carbocycles.